The van der Waals surface area contributed by atoms with Crippen molar-refractivity contribution in [1.29, 1.82) is 0 Å². The Hall–Kier alpha value is -3.10. The number of carbonyl (C=O) groups is 2. The van der Waals surface area contributed by atoms with Crippen molar-refractivity contribution >= 4 is 11.9 Å². The number of phenolic OH excluding ortho intramolecular Hbond substituents is 2. The Morgan fingerprint density at radius 3 is 0.920 bits per heavy atom. The van der Waals surface area contributed by atoms with Crippen LogP contribution >= 0.6 is 0 Å². The summed E-state index contributed by atoms with van der Waals surface area (Å²) in [5.74, 6) is -0.534. The lowest BCUT2D eigenvalue weighted by Gasteiger charge is -2.33. The van der Waals surface area contributed by atoms with Gasteiger partial charge in [-0.2, -0.15) is 0 Å². The Morgan fingerprint density at radius 2 is 0.720 bits per heavy atom. The zero-order valence-corrected chi connectivity index (χ0v) is 34.2. The summed E-state index contributed by atoms with van der Waals surface area (Å²) < 4.78 is 11.7. The third kappa shape index (κ3) is 11.7. The first-order valence-electron chi connectivity index (χ1n) is 17.8. The maximum atomic E-state index is 13.4. The molecule has 0 aliphatic carbocycles. The van der Waals surface area contributed by atoms with Crippen molar-refractivity contribution < 1.29 is 39.1 Å². The quantitative estimate of drug-likeness (QED) is 0.135. The highest BCUT2D eigenvalue weighted by Crippen LogP contribution is 2.41. The lowest BCUT2D eigenvalue weighted by Crippen LogP contribution is -2.37. The minimum atomic E-state index is -0.822. The third-order valence-electron chi connectivity index (χ3n) is 8.59. The first kappa shape index (κ1) is 43.1. The van der Waals surface area contributed by atoms with Crippen molar-refractivity contribution in [2.45, 2.75) is 183 Å². The number of rotatable bonds is 11. The van der Waals surface area contributed by atoms with Crippen molar-refractivity contribution in [2.75, 3.05) is 0 Å². The maximum Gasteiger partial charge on any atom is 0.338 e. The first-order valence-corrected chi connectivity index (χ1v) is 17.8. The summed E-state index contributed by atoms with van der Waals surface area (Å²) in [5, 5.41) is 22.1. The van der Waals surface area contributed by atoms with E-state index in [-0.39, 0.29) is 33.2 Å². The van der Waals surface area contributed by atoms with Crippen LogP contribution in [-0.4, -0.2) is 45.6 Å². The van der Waals surface area contributed by atoms with Gasteiger partial charge in [0.1, 0.15) is 34.9 Å². The van der Waals surface area contributed by atoms with Crippen LogP contribution in [0.3, 0.4) is 0 Å². The Balaban J connectivity index is 2.10. The van der Waals surface area contributed by atoms with Gasteiger partial charge in [0, 0.05) is 35.1 Å². The Kier molecular flexibility index (Phi) is 12.8. The number of esters is 2. The van der Waals surface area contributed by atoms with E-state index in [1.165, 1.54) is 0 Å². The van der Waals surface area contributed by atoms with Crippen LogP contribution in [0.25, 0.3) is 0 Å². The number of carbonyl (C=O) groups excluding carboxylic acids is 2. The number of hydrogen-bond donors (Lipinski definition) is 2. The molecule has 0 fully saturated rings. The van der Waals surface area contributed by atoms with Crippen LogP contribution in [0, 0.1) is 0 Å². The van der Waals surface area contributed by atoms with E-state index in [0.717, 1.165) is 0 Å². The summed E-state index contributed by atoms with van der Waals surface area (Å²) in [6, 6.07) is 6.87. The van der Waals surface area contributed by atoms with E-state index in [9.17, 15) is 19.8 Å². The molecule has 8 nitrogen and oxygen atoms in total. The normalized spacial score (nSPS) is 14.7. The van der Waals surface area contributed by atoms with Gasteiger partial charge >= 0.3 is 11.9 Å². The molecule has 0 bridgehead atoms. The molecule has 2 rings (SSSR count). The first-order chi connectivity index (χ1) is 22.2. The topological polar surface area (TPSA) is 112 Å². The molecule has 2 N–H and O–H groups in total. The lowest BCUT2D eigenvalue weighted by atomic mass is 9.78. The van der Waals surface area contributed by atoms with Gasteiger partial charge in [-0.05, 0) is 87.5 Å². The van der Waals surface area contributed by atoms with Gasteiger partial charge in [0.15, 0.2) is 0 Å². The van der Waals surface area contributed by atoms with E-state index < -0.39 is 35.3 Å². The van der Waals surface area contributed by atoms with Gasteiger partial charge in [-0.3, -0.25) is 0 Å². The third-order valence-corrected chi connectivity index (χ3v) is 8.59. The molecule has 8 heteroatoms. The predicted molar refractivity (Wildman–Crippen MR) is 200 cm³/mol. The molecule has 0 saturated carbocycles. The minimum Gasteiger partial charge on any atom is -0.507 e. The molecule has 2 aromatic carbocycles. The number of ether oxygens (including phenoxy) is 2. The van der Waals surface area contributed by atoms with E-state index in [1.54, 1.807) is 24.3 Å². The number of aromatic hydroxyl groups is 2. The van der Waals surface area contributed by atoms with Crippen LogP contribution < -0.4 is 0 Å². The van der Waals surface area contributed by atoms with Gasteiger partial charge < -0.3 is 19.7 Å². The van der Waals surface area contributed by atoms with Crippen molar-refractivity contribution in [3.8, 4) is 11.5 Å². The summed E-state index contributed by atoms with van der Waals surface area (Å²) in [7, 11) is 0. The van der Waals surface area contributed by atoms with Crippen molar-refractivity contribution in [2.24, 2.45) is 0 Å². The summed E-state index contributed by atoms with van der Waals surface area (Å²) >= 11 is 0. The average molecular weight is 699 g/mol. The largest absolute Gasteiger partial charge is 0.507 e. The molecule has 0 heterocycles. The SMILES string of the molecule is CC(CC(C)(C)OOC(C)(C)CC(C)OC(=O)c1cc(C(C)(C)C)c(O)c(C(C)(C)C)c1)OC(=O)c1cc(C(C)(C)C)c(O)c(C(C)(C)C)c1. The van der Waals surface area contributed by atoms with E-state index in [1.807, 2.05) is 125 Å². The predicted octanol–water partition coefficient (Wildman–Crippen LogP) is 10.4. The maximum absolute atomic E-state index is 13.4. The van der Waals surface area contributed by atoms with E-state index in [0.29, 0.717) is 46.2 Å². The Bertz CT molecular complexity index is 1340. The second-order valence-corrected chi connectivity index (χ2v) is 19.4. The molecule has 0 aliphatic rings. The van der Waals surface area contributed by atoms with Crippen LogP contribution in [0.5, 0.6) is 11.5 Å². The molecule has 0 aliphatic heterocycles. The fourth-order valence-corrected chi connectivity index (χ4v) is 6.05. The second kappa shape index (κ2) is 14.9. The molecule has 0 spiro atoms. The van der Waals surface area contributed by atoms with Crippen molar-refractivity contribution in [3.63, 3.8) is 0 Å². The Morgan fingerprint density at radius 1 is 0.500 bits per heavy atom. The zero-order chi connectivity index (χ0) is 39.0. The molecule has 2 unspecified atom stereocenters. The lowest BCUT2D eigenvalue weighted by molar-refractivity contribution is -0.406. The molecule has 2 aromatic rings. The van der Waals surface area contributed by atoms with Crippen LogP contribution in [-0.2, 0) is 40.9 Å². The van der Waals surface area contributed by atoms with Gasteiger partial charge in [-0.25, -0.2) is 19.4 Å². The summed E-state index contributed by atoms with van der Waals surface area (Å²) in [6.07, 6.45) is -0.309. The molecule has 282 valence electrons. The molecule has 0 aromatic heterocycles. The number of hydrogen-bond acceptors (Lipinski definition) is 8. The highest BCUT2D eigenvalue weighted by Gasteiger charge is 2.34. The van der Waals surface area contributed by atoms with Crippen molar-refractivity contribution in [1.82, 2.24) is 0 Å². The highest BCUT2D eigenvalue weighted by atomic mass is 17.2. The standard InChI is InChI=1S/C42H66O8/c1-25(47-35(45)27-19-29(37(3,4)5)33(43)30(20-27)38(6,7)8)23-41(15,16)49-50-42(17,18)24-26(2)48-36(46)28-21-31(39(9,10)11)34(44)32(22-28)40(12,13)14/h19-22,25-26,43-44H,23-24H2,1-18H3. The minimum absolute atomic E-state index is 0.206. The molecular formula is C42H66O8. The number of benzene rings is 2. The van der Waals surface area contributed by atoms with E-state index in [4.69, 9.17) is 19.2 Å². The molecule has 50 heavy (non-hydrogen) atoms. The monoisotopic (exact) mass is 698 g/mol. The summed E-state index contributed by atoms with van der Waals surface area (Å²) in [4.78, 5) is 38.5. The van der Waals surface area contributed by atoms with Crippen LogP contribution in [0.4, 0.5) is 0 Å². The fraction of sp³-hybridized carbons (Fsp3) is 0.667. The molecule has 0 saturated heterocycles. The fourth-order valence-electron chi connectivity index (χ4n) is 6.05. The molecular weight excluding hydrogens is 632 g/mol. The average Bonchev–Trinajstić information content (AvgIpc) is 2.88. The van der Waals surface area contributed by atoms with Crippen LogP contribution in [0.2, 0.25) is 0 Å². The molecule has 2 atom stereocenters. The summed E-state index contributed by atoms with van der Waals surface area (Å²) in [6.45, 7) is 35.0. The second-order valence-electron chi connectivity index (χ2n) is 19.4. The molecule has 0 amide bonds. The van der Waals surface area contributed by atoms with Crippen molar-refractivity contribution in [3.05, 3.63) is 57.6 Å². The van der Waals surface area contributed by atoms with Gasteiger partial charge in [0.2, 0.25) is 0 Å². The summed E-state index contributed by atoms with van der Waals surface area (Å²) in [5.41, 5.74) is 0.395. The smallest absolute Gasteiger partial charge is 0.338 e. The van der Waals surface area contributed by atoms with E-state index in [2.05, 4.69) is 0 Å². The van der Waals surface area contributed by atoms with Crippen LogP contribution in [0.15, 0.2) is 24.3 Å². The van der Waals surface area contributed by atoms with Gasteiger partial charge in [-0.1, -0.05) is 83.1 Å². The number of phenols is 2. The zero-order valence-electron chi connectivity index (χ0n) is 34.2. The molecule has 0 radical (unpaired) electrons. The van der Waals surface area contributed by atoms with Gasteiger partial charge in [-0.15, -0.1) is 0 Å². The van der Waals surface area contributed by atoms with E-state index >= 15 is 0 Å². The highest BCUT2D eigenvalue weighted by molar-refractivity contribution is 5.91. The van der Waals surface area contributed by atoms with Gasteiger partial charge in [0.05, 0.1) is 11.1 Å². The Labute approximate surface area is 302 Å². The van der Waals surface area contributed by atoms with Crippen LogP contribution in [0.1, 0.15) is 180 Å². The van der Waals surface area contributed by atoms with Gasteiger partial charge in [0.25, 0.3) is 0 Å².